The molecule has 0 N–H and O–H groups in total. The summed E-state index contributed by atoms with van der Waals surface area (Å²) in [4.78, 5) is 9.56. The second-order valence-corrected chi connectivity index (χ2v) is 6.47. The van der Waals surface area contributed by atoms with E-state index >= 15 is 0 Å². The molecular formula is C21H32Cl3N3O. The molecular weight excluding hydrogens is 417 g/mol. The van der Waals surface area contributed by atoms with E-state index in [1.807, 2.05) is 18.3 Å². The Morgan fingerprint density at radius 3 is 2.25 bits per heavy atom. The number of halogens is 3. The van der Waals surface area contributed by atoms with Crippen molar-refractivity contribution in [1.29, 1.82) is 0 Å². The van der Waals surface area contributed by atoms with E-state index in [-0.39, 0.29) is 49.4 Å². The molecule has 7 heteroatoms. The number of nitrogens with zero attached hydrogens (tertiary/aromatic N) is 3. The fourth-order valence-corrected chi connectivity index (χ4v) is 3.64. The Kier molecular flexibility index (Phi) is 12.5. The van der Waals surface area contributed by atoms with Gasteiger partial charge in [-0.05, 0) is 37.2 Å². The maximum atomic E-state index is 6.32. The molecule has 3 rings (SSSR count). The summed E-state index contributed by atoms with van der Waals surface area (Å²) < 4.78 is 6.32. The smallest absolute Gasteiger partial charge is 0.172 e. The monoisotopic (exact) mass is 447 g/mol. The van der Waals surface area contributed by atoms with Gasteiger partial charge in [0.1, 0.15) is 6.10 Å². The molecule has 2 aromatic rings. The van der Waals surface area contributed by atoms with Crippen LogP contribution in [-0.2, 0) is 0 Å². The zero-order valence-corrected chi connectivity index (χ0v) is 19.2. The van der Waals surface area contributed by atoms with Crippen LogP contribution in [0.15, 0.2) is 48.7 Å². The van der Waals surface area contributed by atoms with Gasteiger partial charge in [0.2, 0.25) is 0 Å². The van der Waals surface area contributed by atoms with Gasteiger partial charge >= 0.3 is 0 Å². The summed E-state index contributed by atoms with van der Waals surface area (Å²) in [6, 6.07) is 14.9. The predicted octanol–water partition coefficient (Wildman–Crippen LogP) is 5.41. The molecule has 2 unspecified atom stereocenters. The summed E-state index contributed by atoms with van der Waals surface area (Å²) >= 11 is 0. The van der Waals surface area contributed by atoms with Crippen LogP contribution in [0.2, 0.25) is 0 Å². The number of pyridine rings is 1. The Bertz CT molecular complexity index is 671. The fourth-order valence-electron chi connectivity index (χ4n) is 3.64. The molecule has 0 spiro atoms. The number of fused-ring (bicyclic) bond motifs is 1. The second-order valence-electron chi connectivity index (χ2n) is 6.47. The molecule has 0 aliphatic carbocycles. The van der Waals surface area contributed by atoms with E-state index in [1.54, 1.807) is 0 Å². The maximum Gasteiger partial charge on any atom is 0.172 e. The Labute approximate surface area is 187 Å². The Morgan fingerprint density at radius 1 is 0.964 bits per heavy atom. The fraction of sp³-hybridized carbons (Fsp3) is 0.476. The van der Waals surface area contributed by atoms with Crippen molar-refractivity contribution in [3.05, 3.63) is 54.2 Å². The van der Waals surface area contributed by atoms with Gasteiger partial charge in [-0.1, -0.05) is 51.1 Å². The first-order valence-electron chi connectivity index (χ1n) is 9.44. The first-order valence-corrected chi connectivity index (χ1v) is 9.44. The number of ether oxygens (including phenoxy) is 1. The van der Waals surface area contributed by atoms with E-state index in [0.29, 0.717) is 0 Å². The quantitative estimate of drug-likeness (QED) is 0.566. The minimum absolute atomic E-state index is 0. The average Bonchev–Trinajstić information content (AvgIpc) is 2.68. The van der Waals surface area contributed by atoms with Gasteiger partial charge in [-0.15, -0.1) is 37.2 Å². The second kappa shape index (κ2) is 13.1. The van der Waals surface area contributed by atoms with Crippen molar-refractivity contribution in [2.45, 2.75) is 39.3 Å². The van der Waals surface area contributed by atoms with Crippen LogP contribution < -0.4 is 9.64 Å². The van der Waals surface area contributed by atoms with Crippen LogP contribution in [-0.4, -0.2) is 42.2 Å². The number of aromatic nitrogens is 1. The average molecular weight is 449 g/mol. The van der Waals surface area contributed by atoms with Gasteiger partial charge in [0, 0.05) is 19.3 Å². The molecule has 0 bridgehead atoms. The van der Waals surface area contributed by atoms with E-state index in [2.05, 4.69) is 65.9 Å². The SMILES string of the molecule is CCC1Oc2cccnc2N(CCN(CC)CC)C1c1ccccc1.Cl.Cl.Cl. The van der Waals surface area contributed by atoms with Crippen molar-refractivity contribution in [1.82, 2.24) is 9.88 Å². The maximum absolute atomic E-state index is 6.32. The van der Waals surface area contributed by atoms with Gasteiger partial charge in [-0.25, -0.2) is 4.98 Å². The molecule has 0 saturated heterocycles. The van der Waals surface area contributed by atoms with Gasteiger partial charge in [-0.2, -0.15) is 0 Å². The number of hydrogen-bond donors (Lipinski definition) is 0. The van der Waals surface area contributed by atoms with Gasteiger partial charge < -0.3 is 14.5 Å². The summed E-state index contributed by atoms with van der Waals surface area (Å²) in [6.07, 6.45) is 2.96. The topological polar surface area (TPSA) is 28.6 Å². The molecule has 0 fully saturated rings. The molecule has 2 atom stereocenters. The van der Waals surface area contributed by atoms with Crippen LogP contribution in [0.3, 0.4) is 0 Å². The number of benzene rings is 1. The lowest BCUT2D eigenvalue weighted by Crippen LogP contribution is -2.46. The molecule has 1 aliphatic rings. The highest BCUT2D eigenvalue weighted by molar-refractivity contribution is 5.86. The van der Waals surface area contributed by atoms with Crippen molar-refractivity contribution < 1.29 is 4.74 Å². The molecule has 4 nitrogen and oxygen atoms in total. The molecule has 0 saturated carbocycles. The highest BCUT2D eigenvalue weighted by Gasteiger charge is 2.36. The van der Waals surface area contributed by atoms with Crippen LogP contribution in [0, 0.1) is 0 Å². The predicted molar refractivity (Wildman–Crippen MR) is 125 cm³/mol. The van der Waals surface area contributed by atoms with E-state index < -0.39 is 0 Å². The summed E-state index contributed by atoms with van der Waals surface area (Å²) in [5, 5.41) is 0. The van der Waals surface area contributed by atoms with Gasteiger partial charge in [0.15, 0.2) is 11.6 Å². The normalized spacial score (nSPS) is 17.5. The number of hydrogen-bond acceptors (Lipinski definition) is 4. The van der Waals surface area contributed by atoms with E-state index in [4.69, 9.17) is 4.74 Å². The van der Waals surface area contributed by atoms with Crippen molar-refractivity contribution in [3.63, 3.8) is 0 Å². The standard InChI is InChI=1S/C21H29N3O.3ClH/c1-4-18-20(17-11-8-7-9-12-17)24(16-15-23(5-2)6-3)21-19(25-18)13-10-14-22-21;;;/h7-14,18,20H,4-6,15-16H2,1-3H3;3*1H. The van der Waals surface area contributed by atoms with E-state index in [9.17, 15) is 0 Å². The summed E-state index contributed by atoms with van der Waals surface area (Å²) in [5.74, 6) is 1.87. The molecule has 158 valence electrons. The van der Waals surface area contributed by atoms with Crippen molar-refractivity contribution >= 4 is 43.0 Å². The number of anilines is 1. The first-order chi connectivity index (χ1) is 12.3. The Balaban J connectivity index is 0.00000243. The molecule has 1 aromatic heterocycles. The van der Waals surface area contributed by atoms with Gasteiger partial charge in [0.05, 0.1) is 6.04 Å². The third kappa shape index (κ3) is 5.90. The molecule has 0 radical (unpaired) electrons. The third-order valence-corrected chi connectivity index (χ3v) is 5.08. The minimum atomic E-state index is 0. The Hall–Kier alpha value is -1.20. The van der Waals surface area contributed by atoms with E-state index in [0.717, 1.165) is 44.2 Å². The first kappa shape index (κ1) is 26.8. The van der Waals surface area contributed by atoms with Crippen LogP contribution in [0.25, 0.3) is 0 Å². The highest BCUT2D eigenvalue weighted by atomic mass is 35.5. The van der Waals surface area contributed by atoms with Gasteiger partial charge in [-0.3, -0.25) is 0 Å². The lowest BCUT2D eigenvalue weighted by atomic mass is 9.96. The third-order valence-electron chi connectivity index (χ3n) is 5.08. The molecule has 0 amide bonds. The zero-order chi connectivity index (χ0) is 17.6. The number of likely N-dealkylation sites (N-methyl/N-ethyl adjacent to an activating group) is 1. The van der Waals surface area contributed by atoms with Crippen molar-refractivity contribution in [3.8, 4) is 5.75 Å². The lowest BCUT2D eigenvalue weighted by molar-refractivity contribution is 0.143. The Morgan fingerprint density at radius 2 is 1.64 bits per heavy atom. The van der Waals surface area contributed by atoms with Crippen molar-refractivity contribution in [2.75, 3.05) is 31.1 Å². The summed E-state index contributed by atoms with van der Waals surface area (Å²) in [7, 11) is 0. The minimum Gasteiger partial charge on any atom is -0.484 e. The van der Waals surface area contributed by atoms with Crippen LogP contribution in [0.4, 0.5) is 5.82 Å². The lowest BCUT2D eigenvalue weighted by Gasteiger charge is -2.43. The molecule has 1 aliphatic heterocycles. The summed E-state index contributed by atoms with van der Waals surface area (Å²) in [6.45, 7) is 10.8. The largest absolute Gasteiger partial charge is 0.484 e. The van der Waals surface area contributed by atoms with Crippen molar-refractivity contribution in [2.24, 2.45) is 0 Å². The summed E-state index contributed by atoms with van der Waals surface area (Å²) in [5.41, 5.74) is 1.30. The van der Waals surface area contributed by atoms with Crippen LogP contribution in [0.1, 0.15) is 38.8 Å². The van der Waals surface area contributed by atoms with Gasteiger partial charge in [0.25, 0.3) is 0 Å². The molecule has 2 heterocycles. The molecule has 1 aromatic carbocycles. The molecule has 28 heavy (non-hydrogen) atoms. The van der Waals surface area contributed by atoms with E-state index in [1.165, 1.54) is 5.56 Å². The highest BCUT2D eigenvalue weighted by Crippen LogP contribution is 2.41. The zero-order valence-electron chi connectivity index (χ0n) is 16.8. The van der Waals surface area contributed by atoms with Crippen LogP contribution >= 0.6 is 37.2 Å². The number of rotatable bonds is 7. The van der Waals surface area contributed by atoms with Crippen LogP contribution in [0.5, 0.6) is 5.75 Å².